The smallest absolute Gasteiger partial charge is 0.101 e. The number of hydrogen-bond acceptors (Lipinski definition) is 3. The largest absolute Gasteiger partial charge is 0.383 e. The summed E-state index contributed by atoms with van der Waals surface area (Å²) in [7, 11) is 0. The van der Waals surface area contributed by atoms with Gasteiger partial charge in [-0.1, -0.05) is 18.5 Å². The number of nitriles is 1. The van der Waals surface area contributed by atoms with Crippen LogP contribution in [0.1, 0.15) is 18.9 Å². The Morgan fingerprint density at radius 3 is 2.81 bits per heavy atom. The highest BCUT2D eigenvalue weighted by molar-refractivity contribution is 6.30. The molecule has 0 fully saturated rings. The first-order valence-corrected chi connectivity index (χ1v) is 5.80. The van der Waals surface area contributed by atoms with E-state index >= 15 is 0 Å². The molecule has 0 aliphatic rings. The van der Waals surface area contributed by atoms with Crippen LogP contribution in [0.2, 0.25) is 5.02 Å². The molecule has 86 valence electrons. The summed E-state index contributed by atoms with van der Waals surface area (Å²) in [5.41, 5.74) is 1.42. The minimum atomic E-state index is 0.586. The molecular weight excluding hydrogens is 222 g/mol. The van der Waals surface area contributed by atoms with Gasteiger partial charge in [0.15, 0.2) is 0 Å². The predicted octanol–water partition coefficient (Wildman–Crippen LogP) is 2.62. The molecule has 16 heavy (non-hydrogen) atoms. The second-order valence-corrected chi connectivity index (χ2v) is 3.91. The van der Waals surface area contributed by atoms with E-state index in [9.17, 15) is 0 Å². The van der Waals surface area contributed by atoms with Gasteiger partial charge in [-0.25, -0.2) is 0 Å². The number of nitrogens with zero attached hydrogens (tertiary/aromatic N) is 1. The third-order valence-electron chi connectivity index (χ3n) is 2.15. The van der Waals surface area contributed by atoms with Crippen molar-refractivity contribution in [3.05, 3.63) is 28.8 Å². The number of halogens is 1. The summed E-state index contributed by atoms with van der Waals surface area (Å²) in [6, 6.07) is 7.41. The third kappa shape index (κ3) is 4.09. The second kappa shape index (κ2) is 7.10. The number of nitrogens with one attached hydrogen (secondary N) is 2. The molecule has 1 aromatic rings. The van der Waals surface area contributed by atoms with E-state index in [2.05, 4.69) is 23.6 Å². The van der Waals surface area contributed by atoms with Gasteiger partial charge in [-0.2, -0.15) is 5.26 Å². The number of benzene rings is 1. The average molecular weight is 238 g/mol. The first-order valence-electron chi connectivity index (χ1n) is 5.42. The van der Waals surface area contributed by atoms with Crippen molar-refractivity contribution >= 4 is 17.3 Å². The Hall–Kier alpha value is -1.24. The van der Waals surface area contributed by atoms with Gasteiger partial charge in [-0.05, 0) is 31.2 Å². The summed E-state index contributed by atoms with van der Waals surface area (Å²) >= 11 is 5.81. The fraction of sp³-hybridized carbons (Fsp3) is 0.417. The first-order chi connectivity index (χ1) is 7.77. The highest BCUT2D eigenvalue weighted by Crippen LogP contribution is 2.19. The Morgan fingerprint density at radius 1 is 1.31 bits per heavy atom. The van der Waals surface area contributed by atoms with Crippen LogP contribution in [0.25, 0.3) is 0 Å². The Morgan fingerprint density at radius 2 is 2.12 bits per heavy atom. The topological polar surface area (TPSA) is 47.8 Å². The summed E-state index contributed by atoms with van der Waals surface area (Å²) in [5.74, 6) is 0. The minimum Gasteiger partial charge on any atom is -0.383 e. The maximum Gasteiger partial charge on any atom is 0.101 e. The molecule has 0 aliphatic carbocycles. The second-order valence-electron chi connectivity index (χ2n) is 3.48. The van der Waals surface area contributed by atoms with Crippen molar-refractivity contribution in [1.29, 1.82) is 5.26 Å². The Kier molecular flexibility index (Phi) is 5.69. The summed E-state index contributed by atoms with van der Waals surface area (Å²) < 4.78 is 0. The Bertz CT molecular complexity index is 371. The van der Waals surface area contributed by atoms with Crippen LogP contribution in [0.5, 0.6) is 0 Å². The van der Waals surface area contributed by atoms with Crippen LogP contribution in [0.3, 0.4) is 0 Å². The van der Waals surface area contributed by atoms with Crippen LogP contribution < -0.4 is 10.6 Å². The molecule has 0 atom stereocenters. The van der Waals surface area contributed by atoms with Crippen molar-refractivity contribution in [1.82, 2.24) is 5.32 Å². The van der Waals surface area contributed by atoms with Gasteiger partial charge in [-0.15, -0.1) is 0 Å². The lowest BCUT2D eigenvalue weighted by molar-refractivity contribution is 0.688. The average Bonchev–Trinajstić information content (AvgIpc) is 2.30. The third-order valence-corrected chi connectivity index (χ3v) is 2.38. The Labute approximate surface area is 101 Å². The fourth-order valence-corrected chi connectivity index (χ4v) is 1.52. The Balaban J connectivity index is 2.45. The van der Waals surface area contributed by atoms with Gasteiger partial charge in [0.05, 0.1) is 11.3 Å². The molecule has 0 aromatic heterocycles. The lowest BCUT2D eigenvalue weighted by atomic mass is 10.2. The molecule has 0 bridgehead atoms. The molecule has 3 nitrogen and oxygen atoms in total. The molecule has 0 saturated heterocycles. The molecule has 0 unspecified atom stereocenters. The lowest BCUT2D eigenvalue weighted by Crippen LogP contribution is -2.22. The summed E-state index contributed by atoms with van der Waals surface area (Å²) in [6.07, 6.45) is 1.13. The maximum absolute atomic E-state index is 8.92. The standard InChI is InChI=1S/C12H16ClN3/c1-2-5-15-6-7-16-12-4-3-11(13)8-10(12)9-14/h3-4,8,15-16H,2,5-7H2,1H3. The van der Waals surface area contributed by atoms with Crippen LogP contribution in [0.4, 0.5) is 5.69 Å². The van der Waals surface area contributed by atoms with Crippen LogP contribution in [-0.4, -0.2) is 19.6 Å². The maximum atomic E-state index is 8.92. The molecule has 4 heteroatoms. The van der Waals surface area contributed by atoms with Crippen molar-refractivity contribution in [2.24, 2.45) is 0 Å². The normalized spacial score (nSPS) is 9.81. The molecule has 1 rings (SSSR count). The fourth-order valence-electron chi connectivity index (χ4n) is 1.35. The van der Waals surface area contributed by atoms with Gasteiger partial charge in [-0.3, -0.25) is 0 Å². The highest BCUT2D eigenvalue weighted by Gasteiger charge is 2.01. The van der Waals surface area contributed by atoms with E-state index in [-0.39, 0.29) is 0 Å². The van der Waals surface area contributed by atoms with Gasteiger partial charge in [0.2, 0.25) is 0 Å². The molecule has 0 radical (unpaired) electrons. The van der Waals surface area contributed by atoms with Crippen LogP contribution >= 0.6 is 11.6 Å². The SMILES string of the molecule is CCCNCCNc1ccc(Cl)cc1C#N. The summed E-state index contributed by atoms with van der Waals surface area (Å²) in [5, 5.41) is 16.0. The van der Waals surface area contributed by atoms with E-state index in [1.54, 1.807) is 12.1 Å². The van der Waals surface area contributed by atoms with Crippen molar-refractivity contribution < 1.29 is 0 Å². The van der Waals surface area contributed by atoms with E-state index in [1.165, 1.54) is 0 Å². The molecule has 0 heterocycles. The van der Waals surface area contributed by atoms with Gasteiger partial charge >= 0.3 is 0 Å². The molecular formula is C12H16ClN3. The predicted molar refractivity (Wildman–Crippen MR) is 67.8 cm³/mol. The molecule has 2 N–H and O–H groups in total. The van der Waals surface area contributed by atoms with Crippen molar-refractivity contribution in [2.75, 3.05) is 25.0 Å². The van der Waals surface area contributed by atoms with Gasteiger partial charge < -0.3 is 10.6 Å². The van der Waals surface area contributed by atoms with Crippen LogP contribution in [0, 0.1) is 11.3 Å². The van der Waals surface area contributed by atoms with E-state index < -0.39 is 0 Å². The quantitative estimate of drug-likeness (QED) is 0.748. The van der Waals surface area contributed by atoms with E-state index in [0.717, 1.165) is 31.7 Å². The van der Waals surface area contributed by atoms with Crippen molar-refractivity contribution in [3.63, 3.8) is 0 Å². The molecule has 1 aromatic carbocycles. The van der Waals surface area contributed by atoms with E-state index in [1.807, 2.05) is 6.07 Å². The molecule has 0 spiro atoms. The van der Waals surface area contributed by atoms with Crippen molar-refractivity contribution in [2.45, 2.75) is 13.3 Å². The van der Waals surface area contributed by atoms with Gasteiger partial charge in [0, 0.05) is 18.1 Å². The zero-order valence-corrected chi connectivity index (χ0v) is 10.1. The summed E-state index contributed by atoms with van der Waals surface area (Å²) in [6.45, 7) is 4.85. The minimum absolute atomic E-state index is 0.586. The molecule has 0 amide bonds. The number of rotatable bonds is 6. The van der Waals surface area contributed by atoms with Crippen LogP contribution in [-0.2, 0) is 0 Å². The van der Waals surface area contributed by atoms with Gasteiger partial charge in [0.1, 0.15) is 6.07 Å². The van der Waals surface area contributed by atoms with E-state index in [4.69, 9.17) is 16.9 Å². The number of anilines is 1. The van der Waals surface area contributed by atoms with Crippen molar-refractivity contribution in [3.8, 4) is 6.07 Å². The zero-order chi connectivity index (χ0) is 11.8. The monoisotopic (exact) mass is 237 g/mol. The van der Waals surface area contributed by atoms with Crippen LogP contribution in [0.15, 0.2) is 18.2 Å². The summed E-state index contributed by atoms with van der Waals surface area (Å²) in [4.78, 5) is 0. The first kappa shape index (κ1) is 12.8. The number of hydrogen-bond donors (Lipinski definition) is 2. The zero-order valence-electron chi connectivity index (χ0n) is 9.39. The molecule has 0 aliphatic heterocycles. The lowest BCUT2D eigenvalue weighted by Gasteiger charge is -2.08. The van der Waals surface area contributed by atoms with E-state index in [0.29, 0.717) is 10.6 Å². The molecule has 0 saturated carbocycles. The highest BCUT2D eigenvalue weighted by atomic mass is 35.5. The van der Waals surface area contributed by atoms with Gasteiger partial charge in [0.25, 0.3) is 0 Å².